The number of nitrogens with zero attached hydrogens (tertiary/aromatic N) is 3. The first-order valence-corrected chi connectivity index (χ1v) is 8.28. The van der Waals surface area contributed by atoms with Gasteiger partial charge in [-0.05, 0) is 12.5 Å². The Balaban J connectivity index is 1.99. The molecule has 1 aliphatic rings. The van der Waals surface area contributed by atoms with E-state index < -0.39 is 5.91 Å². The van der Waals surface area contributed by atoms with Crippen molar-refractivity contribution in [2.24, 2.45) is 5.73 Å². The second-order valence-corrected chi connectivity index (χ2v) is 6.57. The third-order valence-corrected chi connectivity index (χ3v) is 5.24. The van der Waals surface area contributed by atoms with Gasteiger partial charge in [0, 0.05) is 39.3 Å². The summed E-state index contributed by atoms with van der Waals surface area (Å²) < 4.78 is 0. The molecule has 1 fully saturated rings. The van der Waals surface area contributed by atoms with E-state index >= 15 is 0 Å². The predicted octanol–water partition coefficient (Wildman–Crippen LogP) is 1.04. The Hall–Kier alpha value is -2.35. The lowest BCUT2D eigenvalue weighted by Gasteiger charge is -2.24. The van der Waals surface area contributed by atoms with Gasteiger partial charge >= 0.3 is 0 Å². The van der Waals surface area contributed by atoms with Crippen molar-refractivity contribution >= 4 is 44.7 Å². The Morgan fingerprint density at radius 2 is 2.04 bits per heavy atom. The summed E-state index contributed by atoms with van der Waals surface area (Å²) in [5.41, 5.74) is 12.9. The van der Waals surface area contributed by atoms with E-state index in [-0.39, 0.29) is 5.91 Å². The lowest BCUT2D eigenvalue weighted by molar-refractivity contribution is -0.128. The minimum Gasteiger partial charge on any atom is -0.397 e. The van der Waals surface area contributed by atoms with Crippen LogP contribution in [0.3, 0.4) is 0 Å². The van der Waals surface area contributed by atoms with Gasteiger partial charge in [-0.1, -0.05) is 0 Å². The Morgan fingerprint density at radius 1 is 1.26 bits per heavy atom. The summed E-state index contributed by atoms with van der Waals surface area (Å²) in [6.07, 6.45) is 2.60. The molecule has 4 N–H and O–H groups in total. The summed E-state index contributed by atoms with van der Waals surface area (Å²) in [6.45, 7) is 4.57. The summed E-state index contributed by atoms with van der Waals surface area (Å²) >= 11 is 1.22. The number of carbonyl (C=O) groups excluding carboxylic acids is 2. The Bertz CT molecular complexity index is 773. The van der Waals surface area contributed by atoms with Gasteiger partial charge < -0.3 is 21.3 Å². The third kappa shape index (κ3) is 2.81. The first-order chi connectivity index (χ1) is 11.0. The molecule has 0 atom stereocenters. The van der Waals surface area contributed by atoms with Crippen LogP contribution in [0.2, 0.25) is 0 Å². The fourth-order valence-electron chi connectivity index (χ4n) is 2.95. The number of thiophene rings is 1. The molecule has 0 aliphatic carbocycles. The number of rotatable bonds is 2. The van der Waals surface area contributed by atoms with E-state index in [1.165, 1.54) is 11.3 Å². The fourth-order valence-corrected chi connectivity index (χ4v) is 3.88. The minimum atomic E-state index is -0.532. The van der Waals surface area contributed by atoms with Crippen molar-refractivity contribution < 1.29 is 9.59 Å². The largest absolute Gasteiger partial charge is 0.397 e. The zero-order valence-electron chi connectivity index (χ0n) is 12.9. The van der Waals surface area contributed by atoms with Gasteiger partial charge in [0.05, 0.1) is 16.8 Å². The van der Waals surface area contributed by atoms with E-state index in [4.69, 9.17) is 11.5 Å². The van der Waals surface area contributed by atoms with Crippen LogP contribution in [0.15, 0.2) is 12.3 Å². The van der Waals surface area contributed by atoms with Crippen LogP contribution in [0.1, 0.15) is 23.0 Å². The van der Waals surface area contributed by atoms with Crippen molar-refractivity contribution in [1.82, 2.24) is 9.88 Å². The molecule has 2 aromatic heterocycles. The first-order valence-electron chi connectivity index (χ1n) is 7.46. The molecule has 0 unspecified atom stereocenters. The van der Waals surface area contributed by atoms with Crippen molar-refractivity contribution in [3.8, 4) is 0 Å². The second kappa shape index (κ2) is 6.04. The number of anilines is 2. The summed E-state index contributed by atoms with van der Waals surface area (Å²) in [7, 11) is 0. The zero-order chi connectivity index (χ0) is 16.6. The van der Waals surface area contributed by atoms with Crippen molar-refractivity contribution in [3.63, 3.8) is 0 Å². The highest BCUT2D eigenvalue weighted by molar-refractivity contribution is 7.21. The number of hydrogen-bond donors (Lipinski definition) is 2. The molecule has 0 radical (unpaired) electrons. The van der Waals surface area contributed by atoms with Gasteiger partial charge in [-0.2, -0.15) is 0 Å². The van der Waals surface area contributed by atoms with Gasteiger partial charge in [0.1, 0.15) is 9.71 Å². The van der Waals surface area contributed by atoms with Crippen LogP contribution in [-0.4, -0.2) is 47.9 Å². The van der Waals surface area contributed by atoms with Crippen LogP contribution in [-0.2, 0) is 4.79 Å². The maximum atomic E-state index is 11.6. The van der Waals surface area contributed by atoms with Crippen molar-refractivity contribution in [1.29, 1.82) is 0 Å². The van der Waals surface area contributed by atoms with Crippen LogP contribution >= 0.6 is 11.3 Å². The lowest BCUT2D eigenvalue weighted by Crippen LogP contribution is -2.33. The average molecular weight is 333 g/mol. The quantitative estimate of drug-likeness (QED) is 0.854. The summed E-state index contributed by atoms with van der Waals surface area (Å²) in [5, 5.41) is 0.780. The third-order valence-electron chi connectivity index (χ3n) is 4.11. The molecule has 0 saturated carbocycles. The van der Waals surface area contributed by atoms with Crippen LogP contribution in [0.4, 0.5) is 11.4 Å². The van der Waals surface area contributed by atoms with Crippen LogP contribution < -0.4 is 16.4 Å². The summed E-state index contributed by atoms with van der Waals surface area (Å²) in [5.74, 6) is -0.437. The van der Waals surface area contributed by atoms with Gasteiger partial charge in [-0.25, -0.2) is 4.98 Å². The minimum absolute atomic E-state index is 0.0952. The molecule has 3 rings (SSSR count). The van der Waals surface area contributed by atoms with E-state index in [1.807, 2.05) is 11.0 Å². The summed E-state index contributed by atoms with van der Waals surface area (Å²) in [4.78, 5) is 32.5. The van der Waals surface area contributed by atoms with Crippen molar-refractivity contribution in [2.45, 2.75) is 13.3 Å². The average Bonchev–Trinajstić information content (AvgIpc) is 2.71. The first kappa shape index (κ1) is 15.5. The molecule has 1 aliphatic heterocycles. The number of carbonyl (C=O) groups is 2. The second-order valence-electron chi connectivity index (χ2n) is 5.57. The van der Waals surface area contributed by atoms with E-state index in [0.717, 1.165) is 37.1 Å². The maximum absolute atomic E-state index is 11.6. The number of primary amides is 1. The number of pyridine rings is 1. The predicted molar refractivity (Wildman–Crippen MR) is 91.6 cm³/mol. The summed E-state index contributed by atoms with van der Waals surface area (Å²) in [6, 6.07) is 1.90. The SMILES string of the molecule is CC(=O)N1CCCN(c2ccnc3sc(C(N)=O)c(N)c23)CC1. The number of aromatic nitrogens is 1. The van der Waals surface area contributed by atoms with E-state index in [2.05, 4.69) is 9.88 Å². The van der Waals surface area contributed by atoms with Crippen molar-refractivity contribution in [2.75, 3.05) is 36.8 Å². The topological polar surface area (TPSA) is 106 Å². The highest BCUT2D eigenvalue weighted by Gasteiger charge is 2.22. The molecule has 23 heavy (non-hydrogen) atoms. The Kier molecular flexibility index (Phi) is 4.08. The molecule has 7 nitrogen and oxygen atoms in total. The van der Waals surface area contributed by atoms with Gasteiger partial charge in [0.2, 0.25) is 5.91 Å². The smallest absolute Gasteiger partial charge is 0.260 e. The van der Waals surface area contributed by atoms with Crippen molar-refractivity contribution in [3.05, 3.63) is 17.1 Å². The molecule has 0 aromatic carbocycles. The van der Waals surface area contributed by atoms with Gasteiger partial charge in [0.25, 0.3) is 5.91 Å². The van der Waals surface area contributed by atoms with Crippen LogP contribution in [0.5, 0.6) is 0 Å². The molecule has 8 heteroatoms. The molecule has 0 bridgehead atoms. The standard InChI is InChI=1S/C15H19N5O2S/c1-9(21)19-5-2-6-20(8-7-19)10-3-4-18-15-11(10)12(16)13(23-15)14(17)22/h3-4H,2,5-8,16H2,1H3,(H2,17,22). The molecule has 122 valence electrons. The number of hydrogen-bond acceptors (Lipinski definition) is 6. The monoisotopic (exact) mass is 333 g/mol. The highest BCUT2D eigenvalue weighted by Crippen LogP contribution is 2.38. The number of nitrogens with two attached hydrogens (primary N) is 2. The molecule has 3 heterocycles. The van der Waals surface area contributed by atoms with E-state index in [9.17, 15) is 9.59 Å². The molecular formula is C15H19N5O2S. The molecule has 2 aromatic rings. The number of nitrogen functional groups attached to an aromatic ring is 1. The van der Waals surface area contributed by atoms with Gasteiger partial charge in [-0.15, -0.1) is 11.3 Å². The fraction of sp³-hybridized carbons (Fsp3) is 0.400. The number of amides is 2. The molecule has 0 spiro atoms. The normalized spacial score (nSPS) is 15.7. The maximum Gasteiger partial charge on any atom is 0.260 e. The molecule has 2 amide bonds. The Morgan fingerprint density at radius 3 is 2.74 bits per heavy atom. The van der Waals surface area contributed by atoms with Crippen LogP contribution in [0, 0.1) is 0 Å². The van der Waals surface area contributed by atoms with Gasteiger partial charge in [-0.3, -0.25) is 9.59 Å². The van der Waals surface area contributed by atoms with Gasteiger partial charge in [0.15, 0.2) is 0 Å². The van der Waals surface area contributed by atoms with E-state index in [1.54, 1.807) is 13.1 Å². The molecule has 1 saturated heterocycles. The van der Waals surface area contributed by atoms with Crippen LogP contribution in [0.25, 0.3) is 10.2 Å². The lowest BCUT2D eigenvalue weighted by atomic mass is 10.2. The highest BCUT2D eigenvalue weighted by atomic mass is 32.1. The number of fused-ring (bicyclic) bond motifs is 1. The zero-order valence-corrected chi connectivity index (χ0v) is 13.7. The Labute approximate surface area is 137 Å². The molecular weight excluding hydrogens is 314 g/mol. The van der Waals surface area contributed by atoms with E-state index in [0.29, 0.717) is 21.9 Å².